The molecule has 0 saturated carbocycles. The molecule has 124 valence electrons. The van der Waals surface area contributed by atoms with Gasteiger partial charge in [-0.3, -0.25) is 0 Å². The van der Waals surface area contributed by atoms with Gasteiger partial charge in [-0.1, -0.05) is 20.3 Å². The van der Waals surface area contributed by atoms with Gasteiger partial charge in [-0.15, -0.1) is 0 Å². The molecule has 0 bridgehead atoms. The zero-order valence-corrected chi connectivity index (χ0v) is 14.1. The third kappa shape index (κ3) is 5.56. The molecule has 0 aliphatic carbocycles. The molecule has 1 aromatic rings. The van der Waals surface area contributed by atoms with E-state index in [-0.39, 0.29) is 12.6 Å². The van der Waals surface area contributed by atoms with Crippen LogP contribution in [0.5, 0.6) is 0 Å². The molecule has 0 fully saturated rings. The van der Waals surface area contributed by atoms with Crippen LogP contribution in [0.1, 0.15) is 40.0 Å². The first-order valence-corrected chi connectivity index (χ1v) is 7.95. The highest BCUT2D eigenvalue weighted by Gasteiger charge is 2.23. The van der Waals surface area contributed by atoms with Crippen LogP contribution in [0.25, 0.3) is 0 Å². The minimum Gasteiger partial charge on any atom is -0.394 e. The van der Waals surface area contributed by atoms with E-state index >= 15 is 0 Å². The summed E-state index contributed by atoms with van der Waals surface area (Å²) < 4.78 is 0. The lowest BCUT2D eigenvalue weighted by atomic mass is 10.0. The highest BCUT2D eigenvalue weighted by molar-refractivity contribution is 5.89. The summed E-state index contributed by atoms with van der Waals surface area (Å²) in [5.74, 6) is 0. The quantitative estimate of drug-likeness (QED) is 0.691. The Morgan fingerprint density at radius 3 is 2.41 bits per heavy atom. The summed E-state index contributed by atoms with van der Waals surface area (Å²) in [6.45, 7) is 6.86. The molecule has 0 aromatic heterocycles. The van der Waals surface area contributed by atoms with Gasteiger partial charge in [0.1, 0.15) is 0 Å². The Kier molecular flexibility index (Phi) is 7.18. The van der Waals surface area contributed by atoms with Crippen LogP contribution in [0.15, 0.2) is 24.3 Å². The van der Waals surface area contributed by atoms with Crippen molar-refractivity contribution in [3.63, 3.8) is 0 Å². The van der Waals surface area contributed by atoms with Crippen molar-refractivity contribution in [2.75, 3.05) is 30.4 Å². The Hall–Kier alpha value is -1.75. The largest absolute Gasteiger partial charge is 0.394 e. The molecule has 1 aromatic carbocycles. The van der Waals surface area contributed by atoms with Gasteiger partial charge in [-0.25, -0.2) is 4.79 Å². The van der Waals surface area contributed by atoms with Crippen molar-refractivity contribution in [1.82, 2.24) is 5.32 Å². The number of benzene rings is 1. The molecule has 0 aliphatic rings. The van der Waals surface area contributed by atoms with Crippen LogP contribution < -0.4 is 15.5 Å². The SMILES string of the molecule is CCCCN(C)c1ccc(NC(=O)NC(C)(CC)CO)cc1. The van der Waals surface area contributed by atoms with E-state index in [4.69, 9.17) is 0 Å². The predicted octanol–water partition coefficient (Wildman–Crippen LogP) is 3.21. The van der Waals surface area contributed by atoms with Crippen LogP contribution in [0.2, 0.25) is 0 Å². The fraction of sp³-hybridized carbons (Fsp3) is 0.588. The van der Waals surface area contributed by atoms with Gasteiger partial charge in [0.25, 0.3) is 0 Å². The molecule has 1 atom stereocenters. The number of anilines is 2. The molecule has 0 spiro atoms. The number of hydrogen-bond acceptors (Lipinski definition) is 3. The highest BCUT2D eigenvalue weighted by Crippen LogP contribution is 2.17. The molecule has 0 radical (unpaired) electrons. The van der Waals surface area contributed by atoms with E-state index in [1.807, 2.05) is 38.1 Å². The Labute approximate surface area is 133 Å². The van der Waals surface area contributed by atoms with Crippen LogP contribution >= 0.6 is 0 Å². The third-order valence-electron chi connectivity index (χ3n) is 3.96. The van der Waals surface area contributed by atoms with E-state index in [0.717, 1.165) is 24.3 Å². The van der Waals surface area contributed by atoms with Crippen LogP contribution in [0, 0.1) is 0 Å². The van der Waals surface area contributed by atoms with Crippen molar-refractivity contribution in [3.8, 4) is 0 Å². The monoisotopic (exact) mass is 307 g/mol. The average molecular weight is 307 g/mol. The molecule has 2 amide bonds. The molecule has 3 N–H and O–H groups in total. The van der Waals surface area contributed by atoms with Gasteiger partial charge in [0.15, 0.2) is 0 Å². The summed E-state index contributed by atoms with van der Waals surface area (Å²) in [6.07, 6.45) is 3.00. The molecule has 1 unspecified atom stereocenters. The second kappa shape index (κ2) is 8.63. The molecule has 1 rings (SSSR count). The number of nitrogens with one attached hydrogen (secondary N) is 2. The number of amides is 2. The van der Waals surface area contributed by atoms with Crippen LogP contribution in [0.4, 0.5) is 16.2 Å². The van der Waals surface area contributed by atoms with Crippen LogP contribution in [0.3, 0.4) is 0 Å². The zero-order chi connectivity index (χ0) is 16.6. The summed E-state index contributed by atoms with van der Waals surface area (Å²) in [7, 11) is 2.07. The first-order chi connectivity index (χ1) is 10.4. The second-order valence-electron chi connectivity index (χ2n) is 5.97. The lowest BCUT2D eigenvalue weighted by Crippen LogP contribution is -2.50. The highest BCUT2D eigenvalue weighted by atomic mass is 16.3. The summed E-state index contributed by atoms with van der Waals surface area (Å²) in [5.41, 5.74) is 1.28. The lowest BCUT2D eigenvalue weighted by Gasteiger charge is -2.27. The molecule has 0 heterocycles. The number of urea groups is 1. The maximum absolute atomic E-state index is 12.0. The van der Waals surface area contributed by atoms with E-state index in [2.05, 4.69) is 29.5 Å². The van der Waals surface area contributed by atoms with Gasteiger partial charge in [0.2, 0.25) is 0 Å². The normalized spacial score (nSPS) is 13.3. The van der Waals surface area contributed by atoms with Gasteiger partial charge in [0, 0.05) is 25.0 Å². The maximum Gasteiger partial charge on any atom is 0.319 e. The number of aliphatic hydroxyl groups excluding tert-OH is 1. The van der Waals surface area contributed by atoms with Gasteiger partial charge in [0.05, 0.1) is 12.1 Å². The lowest BCUT2D eigenvalue weighted by molar-refractivity contribution is 0.172. The molecule has 0 aliphatic heterocycles. The fourth-order valence-corrected chi connectivity index (χ4v) is 2.00. The third-order valence-corrected chi connectivity index (χ3v) is 3.96. The smallest absolute Gasteiger partial charge is 0.319 e. The van der Waals surface area contributed by atoms with Crippen LogP contribution in [-0.4, -0.2) is 36.9 Å². The van der Waals surface area contributed by atoms with E-state index in [9.17, 15) is 9.90 Å². The number of carbonyl (C=O) groups excluding carboxylic acids is 1. The number of unbranched alkanes of at least 4 members (excludes halogenated alkanes) is 1. The number of nitrogens with zero attached hydrogens (tertiary/aromatic N) is 1. The maximum atomic E-state index is 12.0. The topological polar surface area (TPSA) is 64.6 Å². The molecule has 5 heteroatoms. The van der Waals surface area contributed by atoms with Crippen molar-refractivity contribution in [2.45, 2.75) is 45.6 Å². The van der Waals surface area contributed by atoms with Crippen molar-refractivity contribution in [1.29, 1.82) is 0 Å². The van der Waals surface area contributed by atoms with Gasteiger partial charge < -0.3 is 20.6 Å². The van der Waals surface area contributed by atoms with Crippen LogP contribution in [-0.2, 0) is 0 Å². The van der Waals surface area contributed by atoms with Crippen molar-refractivity contribution < 1.29 is 9.90 Å². The summed E-state index contributed by atoms with van der Waals surface area (Å²) >= 11 is 0. The van der Waals surface area contributed by atoms with E-state index < -0.39 is 5.54 Å². The molecule has 0 saturated heterocycles. The fourth-order valence-electron chi connectivity index (χ4n) is 2.00. The Morgan fingerprint density at radius 2 is 1.91 bits per heavy atom. The van der Waals surface area contributed by atoms with Crippen molar-refractivity contribution >= 4 is 17.4 Å². The first kappa shape index (κ1) is 18.3. The number of carbonyl (C=O) groups is 1. The predicted molar refractivity (Wildman–Crippen MR) is 92.6 cm³/mol. The number of aliphatic hydroxyl groups is 1. The summed E-state index contributed by atoms with van der Waals surface area (Å²) in [6, 6.07) is 7.47. The Morgan fingerprint density at radius 1 is 1.27 bits per heavy atom. The molecular formula is C17H29N3O2. The average Bonchev–Trinajstić information content (AvgIpc) is 2.53. The summed E-state index contributed by atoms with van der Waals surface area (Å²) in [5, 5.41) is 14.9. The minimum atomic E-state index is -0.593. The minimum absolute atomic E-state index is 0.0852. The van der Waals surface area contributed by atoms with Gasteiger partial charge in [-0.2, -0.15) is 0 Å². The number of rotatable bonds is 8. The Bertz CT molecular complexity index is 455. The zero-order valence-electron chi connectivity index (χ0n) is 14.1. The molecular weight excluding hydrogens is 278 g/mol. The number of hydrogen-bond donors (Lipinski definition) is 3. The summed E-state index contributed by atoms with van der Waals surface area (Å²) in [4.78, 5) is 14.2. The van der Waals surface area contributed by atoms with E-state index in [0.29, 0.717) is 6.42 Å². The van der Waals surface area contributed by atoms with E-state index in [1.165, 1.54) is 6.42 Å². The van der Waals surface area contributed by atoms with Gasteiger partial charge >= 0.3 is 6.03 Å². The molecule has 22 heavy (non-hydrogen) atoms. The van der Waals surface area contributed by atoms with Crippen molar-refractivity contribution in [3.05, 3.63) is 24.3 Å². The second-order valence-corrected chi connectivity index (χ2v) is 5.97. The van der Waals surface area contributed by atoms with Crippen molar-refractivity contribution in [2.24, 2.45) is 0 Å². The molecule has 5 nitrogen and oxygen atoms in total. The van der Waals surface area contributed by atoms with E-state index in [1.54, 1.807) is 0 Å². The first-order valence-electron chi connectivity index (χ1n) is 7.95. The Balaban J connectivity index is 2.58. The standard InChI is InChI=1S/C17H29N3O2/c1-5-7-12-20(4)15-10-8-14(9-11-15)18-16(22)19-17(3,6-2)13-21/h8-11,21H,5-7,12-13H2,1-4H3,(H2,18,19,22). The van der Waals surface area contributed by atoms with Gasteiger partial charge in [-0.05, 0) is 44.0 Å².